The average molecular weight is 230 g/mol. The number of aromatic nitrogens is 1. The molecule has 0 saturated heterocycles. The highest BCUT2D eigenvalue weighted by molar-refractivity contribution is 7.16. The molecule has 0 fully saturated rings. The van der Waals surface area contributed by atoms with Gasteiger partial charge in [-0.1, -0.05) is 6.07 Å². The lowest BCUT2D eigenvalue weighted by Crippen LogP contribution is -2.21. The van der Waals surface area contributed by atoms with E-state index in [-0.39, 0.29) is 11.8 Å². The minimum absolute atomic E-state index is 0.339. The Morgan fingerprint density at radius 2 is 2.12 bits per heavy atom. The van der Waals surface area contributed by atoms with Gasteiger partial charge in [0.25, 0.3) is 11.8 Å². The van der Waals surface area contributed by atoms with Crippen molar-refractivity contribution in [2.75, 3.05) is 0 Å². The van der Waals surface area contributed by atoms with Crippen LogP contribution in [0, 0.1) is 0 Å². The van der Waals surface area contributed by atoms with Crippen molar-refractivity contribution < 1.29 is 9.59 Å². The number of nitrogens with zero attached hydrogens (tertiary/aromatic N) is 1. The Bertz CT molecular complexity index is 642. The summed E-state index contributed by atoms with van der Waals surface area (Å²) in [6.45, 7) is 0. The second kappa shape index (κ2) is 3.24. The number of benzene rings is 1. The molecule has 78 valence electrons. The molecule has 2 amide bonds. The summed E-state index contributed by atoms with van der Waals surface area (Å²) in [4.78, 5) is 26.6. The molecule has 5 heteroatoms. The first-order valence-electron chi connectivity index (χ1n) is 4.65. The lowest BCUT2D eigenvalue weighted by Gasteiger charge is -1.99. The molecule has 1 aliphatic rings. The number of carbonyl (C=O) groups excluding carboxylic acids is 2. The lowest BCUT2D eigenvalue weighted by atomic mass is 10.1. The maximum atomic E-state index is 11.4. The van der Waals surface area contributed by atoms with Crippen molar-refractivity contribution in [2.45, 2.75) is 0 Å². The molecule has 0 bridgehead atoms. The topological polar surface area (TPSA) is 59.1 Å². The molecule has 1 aromatic carbocycles. The number of amides is 2. The molecule has 0 unspecified atom stereocenters. The third kappa shape index (κ3) is 1.33. The maximum absolute atomic E-state index is 11.4. The van der Waals surface area contributed by atoms with Crippen LogP contribution in [0.15, 0.2) is 29.8 Å². The molecule has 1 aromatic heterocycles. The fourth-order valence-corrected chi connectivity index (χ4v) is 2.37. The van der Waals surface area contributed by atoms with Crippen LogP contribution in [0.2, 0.25) is 0 Å². The molecule has 0 saturated carbocycles. The Hall–Kier alpha value is -2.01. The summed E-state index contributed by atoms with van der Waals surface area (Å²) in [5.41, 5.74) is 3.82. The largest absolute Gasteiger partial charge is 0.289 e. The van der Waals surface area contributed by atoms with Crippen LogP contribution in [0.25, 0.3) is 15.8 Å². The molecule has 4 nitrogen and oxygen atoms in total. The molecule has 1 N–H and O–H groups in total. The molecule has 2 aromatic rings. The van der Waals surface area contributed by atoms with E-state index in [0.717, 1.165) is 15.8 Å². The highest BCUT2D eigenvalue weighted by Gasteiger charge is 2.22. The predicted octanol–water partition coefficient (Wildman–Crippen LogP) is 1.34. The molecule has 0 atom stereocenters. The standard InChI is InChI=1S/C11H6N2O2S/c14-10-4-7(11(15)13-10)6-1-2-8-9(3-6)16-5-12-8/h1-5H,(H,13,14,15). The van der Waals surface area contributed by atoms with Crippen molar-refractivity contribution in [2.24, 2.45) is 0 Å². The van der Waals surface area contributed by atoms with Crippen LogP contribution in [0.4, 0.5) is 0 Å². The van der Waals surface area contributed by atoms with Crippen molar-refractivity contribution in [3.8, 4) is 0 Å². The highest BCUT2D eigenvalue weighted by atomic mass is 32.1. The zero-order valence-electron chi connectivity index (χ0n) is 8.06. The van der Waals surface area contributed by atoms with Gasteiger partial charge in [0.2, 0.25) is 0 Å². The number of nitrogens with one attached hydrogen (secondary N) is 1. The Morgan fingerprint density at radius 3 is 2.88 bits per heavy atom. The van der Waals surface area contributed by atoms with Gasteiger partial charge in [-0.05, 0) is 17.7 Å². The lowest BCUT2D eigenvalue weighted by molar-refractivity contribution is -0.123. The molecule has 1 aliphatic heterocycles. The van der Waals surface area contributed by atoms with Crippen molar-refractivity contribution >= 4 is 38.9 Å². The Morgan fingerprint density at radius 1 is 1.25 bits per heavy atom. The van der Waals surface area contributed by atoms with Gasteiger partial charge in [-0.3, -0.25) is 14.9 Å². The van der Waals surface area contributed by atoms with Gasteiger partial charge in [0.05, 0.1) is 21.3 Å². The average Bonchev–Trinajstić information content (AvgIpc) is 2.83. The Balaban J connectivity index is 2.15. The summed E-state index contributed by atoms with van der Waals surface area (Å²) in [5.74, 6) is -0.696. The van der Waals surface area contributed by atoms with Crippen molar-refractivity contribution in [3.63, 3.8) is 0 Å². The van der Waals surface area contributed by atoms with E-state index in [2.05, 4.69) is 10.3 Å². The summed E-state index contributed by atoms with van der Waals surface area (Å²) in [5, 5.41) is 2.22. The maximum Gasteiger partial charge on any atom is 0.258 e. The molecule has 0 aliphatic carbocycles. The zero-order valence-corrected chi connectivity index (χ0v) is 8.88. The fourth-order valence-electron chi connectivity index (χ4n) is 1.65. The summed E-state index contributed by atoms with van der Waals surface area (Å²) < 4.78 is 1.01. The fraction of sp³-hybridized carbons (Fsp3) is 0. The summed E-state index contributed by atoms with van der Waals surface area (Å²) >= 11 is 1.51. The summed E-state index contributed by atoms with van der Waals surface area (Å²) in [7, 11) is 0. The van der Waals surface area contributed by atoms with E-state index in [1.165, 1.54) is 17.4 Å². The Labute approximate surface area is 94.6 Å². The van der Waals surface area contributed by atoms with Crippen LogP contribution in [-0.2, 0) is 9.59 Å². The number of rotatable bonds is 1. The van der Waals surface area contributed by atoms with Crippen molar-refractivity contribution in [3.05, 3.63) is 35.3 Å². The van der Waals surface area contributed by atoms with Crippen molar-refractivity contribution in [1.82, 2.24) is 10.3 Å². The minimum atomic E-state index is -0.357. The van der Waals surface area contributed by atoms with Gasteiger partial charge in [-0.15, -0.1) is 11.3 Å². The van der Waals surface area contributed by atoms with Crippen LogP contribution >= 0.6 is 11.3 Å². The van der Waals surface area contributed by atoms with E-state index >= 15 is 0 Å². The van der Waals surface area contributed by atoms with Gasteiger partial charge in [0, 0.05) is 6.08 Å². The molecule has 3 rings (SSSR count). The second-order valence-electron chi connectivity index (χ2n) is 3.41. The molecule has 0 radical (unpaired) electrons. The van der Waals surface area contributed by atoms with E-state index in [1.54, 1.807) is 11.6 Å². The van der Waals surface area contributed by atoms with Crippen LogP contribution in [-0.4, -0.2) is 16.8 Å². The third-order valence-corrected chi connectivity index (χ3v) is 3.19. The molecular weight excluding hydrogens is 224 g/mol. The molecule has 0 spiro atoms. The number of carbonyl (C=O) groups is 2. The van der Waals surface area contributed by atoms with Gasteiger partial charge in [0.1, 0.15) is 0 Å². The monoisotopic (exact) mass is 230 g/mol. The van der Waals surface area contributed by atoms with Gasteiger partial charge in [0.15, 0.2) is 0 Å². The number of imide groups is 1. The van der Waals surface area contributed by atoms with Gasteiger partial charge < -0.3 is 0 Å². The highest BCUT2D eigenvalue weighted by Crippen LogP contribution is 2.24. The van der Waals surface area contributed by atoms with Gasteiger partial charge in [-0.2, -0.15) is 0 Å². The normalized spacial score (nSPS) is 15.4. The number of hydrogen-bond donors (Lipinski definition) is 1. The van der Waals surface area contributed by atoms with E-state index < -0.39 is 0 Å². The summed E-state index contributed by atoms with van der Waals surface area (Å²) in [6, 6.07) is 5.52. The summed E-state index contributed by atoms with van der Waals surface area (Å²) in [6.07, 6.45) is 1.32. The first-order valence-corrected chi connectivity index (χ1v) is 5.52. The SMILES string of the molecule is O=C1C=C(c2ccc3ncsc3c2)C(=O)N1. The number of hydrogen-bond acceptors (Lipinski definition) is 4. The first kappa shape index (κ1) is 9.23. The Kier molecular flexibility index (Phi) is 1.87. The van der Waals surface area contributed by atoms with Crippen LogP contribution < -0.4 is 5.32 Å². The molecule has 16 heavy (non-hydrogen) atoms. The first-order chi connectivity index (χ1) is 7.74. The third-order valence-electron chi connectivity index (χ3n) is 2.40. The van der Waals surface area contributed by atoms with E-state index in [4.69, 9.17) is 0 Å². The quantitative estimate of drug-likeness (QED) is 0.752. The van der Waals surface area contributed by atoms with Gasteiger partial charge >= 0.3 is 0 Å². The molecular formula is C11H6N2O2S. The van der Waals surface area contributed by atoms with E-state index in [9.17, 15) is 9.59 Å². The minimum Gasteiger partial charge on any atom is -0.289 e. The number of thiazole rings is 1. The molecule has 2 heterocycles. The van der Waals surface area contributed by atoms with Gasteiger partial charge in [-0.25, -0.2) is 4.98 Å². The van der Waals surface area contributed by atoms with E-state index in [0.29, 0.717) is 5.57 Å². The predicted molar refractivity (Wildman–Crippen MR) is 60.7 cm³/mol. The second-order valence-corrected chi connectivity index (χ2v) is 4.30. The van der Waals surface area contributed by atoms with E-state index in [1.807, 2.05) is 12.1 Å². The van der Waals surface area contributed by atoms with Crippen molar-refractivity contribution in [1.29, 1.82) is 0 Å². The zero-order chi connectivity index (χ0) is 11.1. The van der Waals surface area contributed by atoms with Crippen LogP contribution in [0.1, 0.15) is 5.56 Å². The van der Waals surface area contributed by atoms with Crippen LogP contribution in [0.5, 0.6) is 0 Å². The number of fused-ring (bicyclic) bond motifs is 1. The van der Waals surface area contributed by atoms with Crippen LogP contribution in [0.3, 0.4) is 0 Å². The smallest absolute Gasteiger partial charge is 0.258 e.